The van der Waals surface area contributed by atoms with Gasteiger partial charge in [-0.05, 0) is 67.0 Å². The molecule has 0 bridgehead atoms. The van der Waals surface area contributed by atoms with Crippen LogP contribution in [0.3, 0.4) is 0 Å². The average molecular weight is 312 g/mol. The fourth-order valence-corrected chi connectivity index (χ4v) is 2.07. The van der Waals surface area contributed by atoms with Gasteiger partial charge in [-0.2, -0.15) is 0 Å². The number of rotatable bonds is 14. The summed E-state index contributed by atoms with van der Waals surface area (Å²) in [7, 11) is 8.56. The van der Waals surface area contributed by atoms with Crippen LogP contribution in [0.1, 0.15) is 51.4 Å². The smallest absolute Gasteiger partial charge is 0.0466 e. The molecule has 0 aliphatic heterocycles. The van der Waals surface area contributed by atoms with Gasteiger partial charge in [0.1, 0.15) is 0 Å². The normalized spacial score (nSPS) is 11.1. The summed E-state index contributed by atoms with van der Waals surface area (Å²) in [6.45, 7) is 4.35. The molecule has 1 radical (unpaired) electrons. The monoisotopic (exact) mass is 311 g/mol. The zero-order valence-electron chi connectivity index (χ0n) is 14.8. The Labute approximate surface area is 170 Å². The van der Waals surface area contributed by atoms with Crippen molar-refractivity contribution in [3.63, 3.8) is 0 Å². The van der Waals surface area contributed by atoms with Crippen molar-refractivity contribution in [3.05, 3.63) is 0 Å². The second-order valence-corrected chi connectivity index (χ2v) is 6.05. The van der Waals surface area contributed by atoms with E-state index < -0.39 is 0 Å². The van der Waals surface area contributed by atoms with Crippen molar-refractivity contribution in [2.45, 2.75) is 51.4 Å². The van der Waals surface area contributed by atoms with E-state index in [0.717, 1.165) is 13.2 Å². The van der Waals surface area contributed by atoms with Gasteiger partial charge in [0.15, 0.2) is 0 Å². The standard InChI is InChI=1S/C16H36N2O.K/c1-17(2)13-9-5-7-11-15-19-16-12-8-6-10-14-18(3)4;/h5-16H2,1-4H3;. The van der Waals surface area contributed by atoms with Crippen LogP contribution in [0.25, 0.3) is 0 Å². The van der Waals surface area contributed by atoms with Crippen molar-refractivity contribution in [3.8, 4) is 0 Å². The van der Waals surface area contributed by atoms with Crippen molar-refractivity contribution < 1.29 is 4.74 Å². The van der Waals surface area contributed by atoms with Gasteiger partial charge in [0, 0.05) is 64.6 Å². The van der Waals surface area contributed by atoms with E-state index in [4.69, 9.17) is 4.74 Å². The summed E-state index contributed by atoms with van der Waals surface area (Å²) in [6.07, 6.45) is 10.4. The van der Waals surface area contributed by atoms with Crippen LogP contribution < -0.4 is 0 Å². The van der Waals surface area contributed by atoms with Gasteiger partial charge in [0.25, 0.3) is 0 Å². The molecule has 0 aliphatic carbocycles. The Hall–Kier alpha value is 1.52. The minimum absolute atomic E-state index is 0. The molecule has 0 saturated heterocycles. The molecule has 0 aromatic rings. The van der Waals surface area contributed by atoms with Gasteiger partial charge in [-0.15, -0.1) is 0 Å². The Morgan fingerprint density at radius 2 is 0.900 bits per heavy atom. The fraction of sp³-hybridized carbons (Fsp3) is 1.00. The van der Waals surface area contributed by atoms with Crippen LogP contribution in [-0.2, 0) is 4.74 Å². The first-order valence-electron chi connectivity index (χ1n) is 8.00. The number of hydrogen-bond donors (Lipinski definition) is 0. The molecule has 0 rings (SSSR count). The van der Waals surface area contributed by atoms with E-state index in [1.54, 1.807) is 0 Å². The molecule has 0 aromatic heterocycles. The molecular formula is C16H36KN2O. The predicted octanol–water partition coefficient (Wildman–Crippen LogP) is 2.87. The van der Waals surface area contributed by atoms with Crippen molar-refractivity contribution in [2.24, 2.45) is 0 Å². The first kappa shape index (κ1) is 23.8. The molecule has 0 aliphatic rings. The third-order valence-electron chi connectivity index (χ3n) is 3.29. The van der Waals surface area contributed by atoms with Gasteiger partial charge >= 0.3 is 0 Å². The Morgan fingerprint density at radius 3 is 1.25 bits per heavy atom. The molecular weight excluding hydrogens is 275 g/mol. The first-order chi connectivity index (χ1) is 9.13. The quantitative estimate of drug-likeness (QED) is 0.362. The van der Waals surface area contributed by atoms with Crippen molar-refractivity contribution in [1.82, 2.24) is 9.80 Å². The Kier molecular flexibility index (Phi) is 22.1. The molecule has 0 unspecified atom stereocenters. The molecule has 20 heavy (non-hydrogen) atoms. The zero-order chi connectivity index (χ0) is 14.3. The van der Waals surface area contributed by atoms with Gasteiger partial charge in [-0.25, -0.2) is 0 Å². The topological polar surface area (TPSA) is 15.7 Å². The van der Waals surface area contributed by atoms with Gasteiger partial charge in [0.2, 0.25) is 0 Å². The van der Waals surface area contributed by atoms with E-state index in [0.29, 0.717) is 0 Å². The number of ether oxygens (including phenoxy) is 1. The summed E-state index contributed by atoms with van der Waals surface area (Å²) >= 11 is 0. The number of nitrogens with zero attached hydrogens (tertiary/aromatic N) is 2. The van der Waals surface area contributed by atoms with Crippen LogP contribution in [0.15, 0.2) is 0 Å². The van der Waals surface area contributed by atoms with E-state index in [-0.39, 0.29) is 51.4 Å². The number of hydrogen-bond acceptors (Lipinski definition) is 3. The summed E-state index contributed by atoms with van der Waals surface area (Å²) in [5.41, 5.74) is 0. The summed E-state index contributed by atoms with van der Waals surface area (Å²) in [5.74, 6) is 0. The van der Waals surface area contributed by atoms with Gasteiger partial charge in [-0.1, -0.05) is 25.7 Å². The minimum atomic E-state index is 0. The maximum atomic E-state index is 5.67. The third-order valence-corrected chi connectivity index (χ3v) is 3.29. The predicted molar refractivity (Wildman–Crippen MR) is 90.6 cm³/mol. The first-order valence-corrected chi connectivity index (χ1v) is 8.00. The van der Waals surface area contributed by atoms with E-state index in [1.165, 1.54) is 64.5 Å². The Morgan fingerprint density at radius 1 is 0.550 bits per heavy atom. The number of unbranched alkanes of at least 4 members (excludes halogenated alkanes) is 6. The molecule has 0 heterocycles. The van der Waals surface area contributed by atoms with E-state index in [9.17, 15) is 0 Å². The third kappa shape index (κ3) is 21.8. The van der Waals surface area contributed by atoms with E-state index >= 15 is 0 Å². The molecule has 0 atom stereocenters. The van der Waals surface area contributed by atoms with Gasteiger partial charge in [-0.3, -0.25) is 0 Å². The zero-order valence-corrected chi connectivity index (χ0v) is 17.9. The second-order valence-electron chi connectivity index (χ2n) is 6.05. The van der Waals surface area contributed by atoms with Crippen molar-refractivity contribution >= 4 is 51.4 Å². The van der Waals surface area contributed by atoms with Gasteiger partial charge < -0.3 is 14.5 Å². The van der Waals surface area contributed by atoms with Crippen molar-refractivity contribution in [1.29, 1.82) is 0 Å². The molecule has 117 valence electrons. The van der Waals surface area contributed by atoms with Gasteiger partial charge in [0.05, 0.1) is 0 Å². The SMILES string of the molecule is CN(C)CCCCCCOCCCCCCN(C)C.[K]. The molecule has 0 N–H and O–H groups in total. The fourth-order valence-electron chi connectivity index (χ4n) is 2.07. The van der Waals surface area contributed by atoms with Crippen LogP contribution in [-0.4, -0.2) is 116 Å². The second kappa shape index (κ2) is 18.6. The Balaban J connectivity index is 0. The van der Waals surface area contributed by atoms with E-state index in [2.05, 4.69) is 38.0 Å². The van der Waals surface area contributed by atoms with Crippen LogP contribution >= 0.6 is 0 Å². The summed E-state index contributed by atoms with van der Waals surface area (Å²) in [5, 5.41) is 0. The maximum absolute atomic E-state index is 5.67. The molecule has 3 nitrogen and oxygen atoms in total. The average Bonchev–Trinajstić information content (AvgIpc) is 2.34. The molecule has 0 spiro atoms. The summed E-state index contributed by atoms with van der Waals surface area (Å²) in [4.78, 5) is 4.51. The maximum Gasteiger partial charge on any atom is 0.0466 e. The molecule has 4 heteroatoms. The van der Waals surface area contributed by atoms with Crippen LogP contribution in [0.5, 0.6) is 0 Å². The summed E-state index contributed by atoms with van der Waals surface area (Å²) in [6, 6.07) is 0. The molecule has 0 aromatic carbocycles. The summed E-state index contributed by atoms with van der Waals surface area (Å²) < 4.78 is 5.67. The minimum Gasteiger partial charge on any atom is -0.381 e. The van der Waals surface area contributed by atoms with Crippen LogP contribution in [0, 0.1) is 0 Å². The van der Waals surface area contributed by atoms with Crippen LogP contribution in [0.2, 0.25) is 0 Å². The van der Waals surface area contributed by atoms with E-state index in [1.807, 2.05) is 0 Å². The Bertz CT molecular complexity index is 160. The molecule has 0 fully saturated rings. The molecule has 0 amide bonds. The van der Waals surface area contributed by atoms with Crippen molar-refractivity contribution in [2.75, 3.05) is 54.5 Å². The van der Waals surface area contributed by atoms with Crippen LogP contribution in [0.4, 0.5) is 0 Å². The largest absolute Gasteiger partial charge is 0.381 e. The molecule has 0 saturated carbocycles.